The van der Waals surface area contributed by atoms with E-state index in [9.17, 15) is 0 Å². The Morgan fingerprint density at radius 2 is 1.90 bits per heavy atom. The monoisotopic (exact) mass is 240 g/mol. The molecule has 0 bridgehead atoms. The number of halogens is 3. The van der Waals surface area contributed by atoms with E-state index >= 15 is 0 Å². The van der Waals surface area contributed by atoms with Gasteiger partial charge in [-0.25, -0.2) is 0 Å². The van der Waals surface area contributed by atoms with Crippen molar-refractivity contribution in [2.45, 2.75) is 6.92 Å². The number of hydrogen-bond acceptors (Lipinski definition) is 0. The smallest absolute Gasteiger partial charge is 0.0428 e. The van der Waals surface area contributed by atoms with Gasteiger partial charge in [0.25, 0.3) is 0 Å². The van der Waals surface area contributed by atoms with Crippen LogP contribution in [0, 0.1) is 0 Å². The first-order valence-electron chi connectivity index (χ1n) is 2.58. The Balaban J connectivity index is 4.22. The highest BCUT2D eigenvalue weighted by molar-refractivity contribution is 9.11. The molecule has 0 aromatic heterocycles. The second-order valence-corrected chi connectivity index (χ2v) is 3.76. The summed E-state index contributed by atoms with van der Waals surface area (Å²) in [5.41, 5.74) is 0. The van der Waals surface area contributed by atoms with E-state index in [1.54, 1.807) is 19.1 Å². The third-order valence-electron chi connectivity index (χ3n) is 0.631. The Morgan fingerprint density at radius 3 is 2.20 bits per heavy atom. The SMILES string of the molecule is C=C(Br)/C=C(Cl)\C=C(/C)Cl. The van der Waals surface area contributed by atoms with Crippen LogP contribution in [0.2, 0.25) is 0 Å². The molecule has 0 aliphatic heterocycles. The van der Waals surface area contributed by atoms with E-state index in [0.29, 0.717) is 10.1 Å². The van der Waals surface area contributed by atoms with Crippen LogP contribution in [0.1, 0.15) is 6.92 Å². The Hall–Kier alpha value is 0.280. The maximum absolute atomic E-state index is 5.68. The van der Waals surface area contributed by atoms with Gasteiger partial charge in [0.1, 0.15) is 0 Å². The average Bonchev–Trinajstić information content (AvgIpc) is 1.58. The molecule has 0 N–H and O–H groups in total. The molecule has 0 fully saturated rings. The largest absolute Gasteiger partial charge is 0.0894 e. The molecule has 0 spiro atoms. The van der Waals surface area contributed by atoms with Gasteiger partial charge in [0.15, 0.2) is 0 Å². The zero-order chi connectivity index (χ0) is 8.15. The summed E-state index contributed by atoms with van der Waals surface area (Å²) >= 11 is 14.4. The molecular formula is C7H7BrCl2. The van der Waals surface area contributed by atoms with Crippen LogP contribution < -0.4 is 0 Å². The second-order valence-electron chi connectivity index (χ2n) is 1.71. The van der Waals surface area contributed by atoms with Crippen LogP contribution in [0.3, 0.4) is 0 Å². The fourth-order valence-electron chi connectivity index (χ4n) is 0.381. The predicted octanol–water partition coefficient (Wildman–Crippen LogP) is 4.16. The van der Waals surface area contributed by atoms with Crippen molar-refractivity contribution in [3.8, 4) is 0 Å². The zero-order valence-electron chi connectivity index (χ0n) is 5.50. The Kier molecular flexibility index (Phi) is 5.14. The van der Waals surface area contributed by atoms with Gasteiger partial charge in [-0.05, 0) is 19.1 Å². The first kappa shape index (κ1) is 10.3. The molecule has 0 atom stereocenters. The topological polar surface area (TPSA) is 0 Å². The number of rotatable bonds is 2. The van der Waals surface area contributed by atoms with E-state index in [2.05, 4.69) is 22.5 Å². The highest BCUT2D eigenvalue weighted by Crippen LogP contribution is 2.14. The molecule has 0 heterocycles. The first-order valence-corrected chi connectivity index (χ1v) is 4.12. The van der Waals surface area contributed by atoms with Gasteiger partial charge in [-0.15, -0.1) is 0 Å². The molecule has 0 aliphatic carbocycles. The fraction of sp³-hybridized carbons (Fsp3) is 0.143. The van der Waals surface area contributed by atoms with Crippen molar-refractivity contribution in [3.63, 3.8) is 0 Å². The molecule has 0 radical (unpaired) electrons. The van der Waals surface area contributed by atoms with Crippen molar-refractivity contribution in [2.75, 3.05) is 0 Å². The molecule has 0 saturated carbocycles. The van der Waals surface area contributed by atoms with Crippen molar-refractivity contribution < 1.29 is 0 Å². The molecule has 10 heavy (non-hydrogen) atoms. The van der Waals surface area contributed by atoms with E-state index in [-0.39, 0.29) is 0 Å². The predicted molar refractivity (Wildman–Crippen MR) is 51.6 cm³/mol. The van der Waals surface area contributed by atoms with Crippen LogP contribution in [-0.2, 0) is 0 Å². The summed E-state index contributed by atoms with van der Waals surface area (Å²) in [5, 5.41) is 1.21. The minimum absolute atomic E-state index is 0.564. The molecule has 0 unspecified atom stereocenters. The van der Waals surface area contributed by atoms with Crippen molar-refractivity contribution in [1.82, 2.24) is 0 Å². The molecule has 0 nitrogen and oxygen atoms in total. The lowest BCUT2D eigenvalue weighted by atomic mass is 10.4. The summed E-state index contributed by atoms with van der Waals surface area (Å²) < 4.78 is 0.728. The Labute approximate surface area is 79.3 Å². The van der Waals surface area contributed by atoms with Gasteiger partial charge < -0.3 is 0 Å². The summed E-state index contributed by atoms with van der Waals surface area (Å²) in [6, 6.07) is 0. The van der Waals surface area contributed by atoms with E-state index < -0.39 is 0 Å². The van der Waals surface area contributed by atoms with E-state index in [1.807, 2.05) is 0 Å². The highest BCUT2D eigenvalue weighted by atomic mass is 79.9. The van der Waals surface area contributed by atoms with Crippen molar-refractivity contribution in [2.24, 2.45) is 0 Å². The maximum Gasteiger partial charge on any atom is 0.0428 e. The Morgan fingerprint density at radius 1 is 1.40 bits per heavy atom. The summed E-state index contributed by atoms with van der Waals surface area (Å²) in [7, 11) is 0. The standard InChI is InChI=1S/C7H7BrCl2/c1-5(8)3-7(10)4-6(2)9/h3-4H,1H2,2H3/b6-4+,7-3+. The van der Waals surface area contributed by atoms with Gasteiger partial charge in [-0.2, -0.15) is 0 Å². The minimum atomic E-state index is 0.564. The first-order chi connectivity index (χ1) is 4.52. The lowest BCUT2D eigenvalue weighted by Crippen LogP contribution is -1.65. The lowest BCUT2D eigenvalue weighted by Gasteiger charge is -1.88. The maximum atomic E-state index is 5.68. The van der Waals surface area contributed by atoms with Crippen LogP contribution >= 0.6 is 39.1 Å². The molecule has 0 saturated heterocycles. The zero-order valence-corrected chi connectivity index (χ0v) is 8.59. The molecule has 0 aliphatic rings. The quantitative estimate of drug-likeness (QED) is 0.637. The van der Waals surface area contributed by atoms with E-state index in [4.69, 9.17) is 23.2 Å². The highest BCUT2D eigenvalue weighted by Gasteiger charge is 1.87. The van der Waals surface area contributed by atoms with Gasteiger partial charge >= 0.3 is 0 Å². The molecule has 0 aromatic rings. The normalized spacial score (nSPS) is 13.6. The average molecular weight is 242 g/mol. The third-order valence-corrected chi connectivity index (χ3v) is 1.19. The van der Waals surface area contributed by atoms with Crippen LogP contribution in [0.25, 0.3) is 0 Å². The van der Waals surface area contributed by atoms with Crippen LogP contribution in [0.4, 0.5) is 0 Å². The fourth-order valence-corrected chi connectivity index (χ4v) is 1.23. The number of hydrogen-bond donors (Lipinski definition) is 0. The van der Waals surface area contributed by atoms with Gasteiger partial charge in [-0.3, -0.25) is 0 Å². The van der Waals surface area contributed by atoms with E-state index in [0.717, 1.165) is 4.48 Å². The lowest BCUT2D eigenvalue weighted by molar-refractivity contribution is 1.64. The molecular weight excluding hydrogens is 235 g/mol. The van der Waals surface area contributed by atoms with Gasteiger partial charge in [0.2, 0.25) is 0 Å². The number of allylic oxidation sites excluding steroid dienone is 5. The van der Waals surface area contributed by atoms with Crippen molar-refractivity contribution in [3.05, 3.63) is 33.3 Å². The summed E-state index contributed by atoms with van der Waals surface area (Å²) in [5.74, 6) is 0. The van der Waals surface area contributed by atoms with Gasteiger partial charge in [-0.1, -0.05) is 45.7 Å². The molecule has 56 valence electrons. The molecule has 3 heteroatoms. The molecule has 0 amide bonds. The Bertz CT molecular complexity index is 188. The van der Waals surface area contributed by atoms with E-state index in [1.165, 1.54) is 0 Å². The molecule has 0 aromatic carbocycles. The van der Waals surface area contributed by atoms with Gasteiger partial charge in [0.05, 0.1) is 0 Å². The minimum Gasteiger partial charge on any atom is -0.0894 e. The van der Waals surface area contributed by atoms with Crippen LogP contribution in [-0.4, -0.2) is 0 Å². The van der Waals surface area contributed by atoms with Crippen LogP contribution in [0.15, 0.2) is 33.3 Å². The molecule has 0 rings (SSSR count). The summed E-state index contributed by atoms with van der Waals surface area (Å²) in [6.45, 7) is 5.34. The van der Waals surface area contributed by atoms with Crippen molar-refractivity contribution >= 4 is 39.1 Å². The summed E-state index contributed by atoms with van der Waals surface area (Å²) in [4.78, 5) is 0. The third kappa shape index (κ3) is 6.40. The van der Waals surface area contributed by atoms with Crippen molar-refractivity contribution in [1.29, 1.82) is 0 Å². The van der Waals surface area contributed by atoms with Crippen LogP contribution in [0.5, 0.6) is 0 Å². The van der Waals surface area contributed by atoms with Gasteiger partial charge in [0, 0.05) is 14.5 Å². The second kappa shape index (κ2) is 5.00. The summed E-state index contributed by atoms with van der Waals surface area (Å²) in [6.07, 6.45) is 3.32.